The lowest BCUT2D eigenvalue weighted by molar-refractivity contribution is 0.304. The standard InChI is InChI=1S/C33H45NOSi/c1-33(2,3)36(31-23-15-12-16-24-31,32-25-17-13-18-26-32)35-28-19-11-9-7-5-4-6-8-10-14-21-30-22-20-27-34-29-30/h9,11-13,15-18,20,22-27,29H,4-8,10,14,19,21,28H2,1-3H3/b11-9+. The maximum atomic E-state index is 6.96. The molecule has 0 radical (unpaired) electrons. The van der Waals surface area contributed by atoms with Crippen LogP contribution in [0.5, 0.6) is 0 Å². The second-order valence-electron chi connectivity index (χ2n) is 10.8. The van der Waals surface area contributed by atoms with Crippen molar-refractivity contribution in [3.05, 3.63) is 103 Å². The molecule has 1 aromatic heterocycles. The lowest BCUT2D eigenvalue weighted by Crippen LogP contribution is -2.66. The van der Waals surface area contributed by atoms with Gasteiger partial charge in [-0.25, -0.2) is 0 Å². The second kappa shape index (κ2) is 14.9. The summed E-state index contributed by atoms with van der Waals surface area (Å²) in [5.41, 5.74) is 1.36. The van der Waals surface area contributed by atoms with Crippen LogP contribution in [0.1, 0.15) is 77.7 Å². The molecular weight excluding hydrogens is 454 g/mol. The van der Waals surface area contributed by atoms with Gasteiger partial charge in [0.25, 0.3) is 8.32 Å². The Bertz CT molecular complexity index is 957. The van der Waals surface area contributed by atoms with Crippen LogP contribution in [0.2, 0.25) is 5.04 Å². The predicted octanol–water partition coefficient (Wildman–Crippen LogP) is 7.88. The van der Waals surface area contributed by atoms with E-state index in [1.165, 1.54) is 60.9 Å². The van der Waals surface area contributed by atoms with Crippen LogP contribution in [0.15, 0.2) is 97.3 Å². The first-order valence-corrected chi connectivity index (χ1v) is 15.7. The van der Waals surface area contributed by atoms with E-state index >= 15 is 0 Å². The van der Waals surface area contributed by atoms with E-state index in [1.807, 2.05) is 18.5 Å². The molecule has 0 aliphatic carbocycles. The molecule has 1 heterocycles. The molecule has 36 heavy (non-hydrogen) atoms. The summed E-state index contributed by atoms with van der Waals surface area (Å²) in [5, 5.41) is 2.75. The van der Waals surface area contributed by atoms with Crippen LogP contribution in [0.4, 0.5) is 0 Å². The van der Waals surface area contributed by atoms with Gasteiger partial charge in [-0.15, -0.1) is 0 Å². The number of aryl methyl sites for hydroxylation is 1. The smallest absolute Gasteiger partial charge is 0.261 e. The number of rotatable bonds is 15. The number of benzene rings is 2. The van der Waals surface area contributed by atoms with Crippen LogP contribution in [0.25, 0.3) is 0 Å². The third-order valence-electron chi connectivity index (χ3n) is 7.00. The van der Waals surface area contributed by atoms with E-state index in [9.17, 15) is 0 Å². The molecule has 0 fully saturated rings. The van der Waals surface area contributed by atoms with E-state index in [0.717, 1.165) is 19.4 Å². The molecule has 0 saturated heterocycles. The molecule has 192 valence electrons. The van der Waals surface area contributed by atoms with Crippen LogP contribution >= 0.6 is 0 Å². The number of hydrogen-bond donors (Lipinski definition) is 0. The summed E-state index contributed by atoms with van der Waals surface area (Å²) in [4.78, 5) is 4.20. The van der Waals surface area contributed by atoms with Crippen LogP contribution in [0.3, 0.4) is 0 Å². The Morgan fingerprint density at radius 1 is 0.694 bits per heavy atom. The van der Waals surface area contributed by atoms with Crippen LogP contribution in [-0.2, 0) is 10.8 Å². The number of aromatic nitrogens is 1. The molecule has 3 rings (SSSR count). The van der Waals surface area contributed by atoms with E-state index < -0.39 is 8.32 Å². The molecule has 0 aliphatic heterocycles. The molecule has 0 aliphatic rings. The molecule has 0 amide bonds. The maximum absolute atomic E-state index is 6.96. The fourth-order valence-corrected chi connectivity index (χ4v) is 9.70. The Morgan fingerprint density at radius 2 is 1.28 bits per heavy atom. The second-order valence-corrected chi connectivity index (χ2v) is 15.1. The van der Waals surface area contributed by atoms with Crippen molar-refractivity contribution in [2.75, 3.05) is 6.61 Å². The van der Waals surface area contributed by atoms with E-state index in [4.69, 9.17) is 4.43 Å². The first kappa shape index (κ1) is 28.1. The Hall–Kier alpha value is -2.49. The summed E-state index contributed by atoms with van der Waals surface area (Å²) < 4.78 is 6.96. The fraction of sp³-hybridized carbons (Fsp3) is 0.424. The van der Waals surface area contributed by atoms with Crippen LogP contribution in [0, 0.1) is 0 Å². The van der Waals surface area contributed by atoms with E-state index in [2.05, 4.69) is 105 Å². The van der Waals surface area contributed by atoms with Gasteiger partial charge in [-0.2, -0.15) is 0 Å². The van der Waals surface area contributed by atoms with Crippen molar-refractivity contribution in [3.8, 4) is 0 Å². The molecule has 0 N–H and O–H groups in total. The molecule has 2 nitrogen and oxygen atoms in total. The first-order chi connectivity index (χ1) is 17.5. The van der Waals surface area contributed by atoms with E-state index in [-0.39, 0.29) is 5.04 Å². The number of hydrogen-bond acceptors (Lipinski definition) is 2. The molecule has 0 unspecified atom stereocenters. The van der Waals surface area contributed by atoms with Gasteiger partial charge in [0.2, 0.25) is 0 Å². The zero-order valence-corrected chi connectivity index (χ0v) is 23.7. The number of pyridine rings is 1. The lowest BCUT2D eigenvalue weighted by Gasteiger charge is -2.43. The molecule has 0 bridgehead atoms. The average molecular weight is 500 g/mol. The zero-order chi connectivity index (χ0) is 25.5. The summed E-state index contributed by atoms with van der Waals surface area (Å²) in [7, 11) is -2.41. The third kappa shape index (κ3) is 8.28. The Morgan fingerprint density at radius 3 is 1.86 bits per heavy atom. The van der Waals surface area contributed by atoms with Crippen LogP contribution in [-0.4, -0.2) is 19.9 Å². The largest absolute Gasteiger partial charge is 0.407 e. The van der Waals surface area contributed by atoms with Gasteiger partial charge in [-0.1, -0.05) is 125 Å². The van der Waals surface area contributed by atoms with Gasteiger partial charge in [-0.05, 0) is 59.1 Å². The summed E-state index contributed by atoms with van der Waals surface area (Å²) in [6.45, 7) is 7.79. The molecule has 3 heteroatoms. The summed E-state index contributed by atoms with van der Waals surface area (Å²) in [5.74, 6) is 0. The number of nitrogens with zero attached hydrogens (tertiary/aromatic N) is 1. The van der Waals surface area contributed by atoms with Gasteiger partial charge in [0.15, 0.2) is 0 Å². The summed E-state index contributed by atoms with van der Waals surface area (Å²) >= 11 is 0. The highest BCUT2D eigenvalue weighted by molar-refractivity contribution is 6.99. The van der Waals surface area contributed by atoms with E-state index in [0.29, 0.717) is 0 Å². The summed E-state index contributed by atoms with van der Waals surface area (Å²) in [6.07, 6.45) is 19.7. The molecule has 0 atom stereocenters. The Kier molecular flexibility index (Phi) is 11.6. The third-order valence-corrected chi connectivity index (χ3v) is 12.0. The van der Waals surface area contributed by atoms with Crippen molar-refractivity contribution in [3.63, 3.8) is 0 Å². The quantitative estimate of drug-likeness (QED) is 0.120. The normalized spacial score (nSPS) is 12.3. The van der Waals surface area contributed by atoms with Gasteiger partial charge >= 0.3 is 0 Å². The van der Waals surface area contributed by atoms with Crippen molar-refractivity contribution in [1.82, 2.24) is 4.98 Å². The van der Waals surface area contributed by atoms with Gasteiger partial charge < -0.3 is 4.43 Å². The number of allylic oxidation sites excluding steroid dienone is 1. The molecular formula is C33H45NOSi. The topological polar surface area (TPSA) is 22.1 Å². The van der Waals surface area contributed by atoms with Crippen molar-refractivity contribution in [1.29, 1.82) is 0 Å². The maximum Gasteiger partial charge on any atom is 0.261 e. The van der Waals surface area contributed by atoms with Crippen molar-refractivity contribution < 1.29 is 4.43 Å². The first-order valence-electron chi connectivity index (χ1n) is 13.8. The van der Waals surface area contributed by atoms with Crippen molar-refractivity contribution >= 4 is 18.7 Å². The minimum absolute atomic E-state index is 0.0391. The molecule has 2 aromatic carbocycles. The number of unbranched alkanes of at least 4 members (excludes halogenated alkanes) is 6. The minimum atomic E-state index is -2.41. The van der Waals surface area contributed by atoms with Gasteiger partial charge in [0.1, 0.15) is 0 Å². The summed E-state index contributed by atoms with van der Waals surface area (Å²) in [6, 6.07) is 26.1. The predicted molar refractivity (Wildman–Crippen MR) is 158 cm³/mol. The zero-order valence-electron chi connectivity index (χ0n) is 22.7. The highest BCUT2D eigenvalue weighted by Crippen LogP contribution is 2.36. The van der Waals surface area contributed by atoms with Gasteiger partial charge in [-0.3, -0.25) is 4.98 Å². The Labute approximate surface area is 221 Å². The highest BCUT2D eigenvalue weighted by Gasteiger charge is 2.49. The van der Waals surface area contributed by atoms with Crippen LogP contribution < -0.4 is 10.4 Å². The Balaban J connectivity index is 1.39. The SMILES string of the molecule is CC(C)(C)[Si](OCC/C=C/CCCCCCCCc1cccnc1)(c1ccccc1)c1ccccc1. The fourth-order valence-electron chi connectivity index (χ4n) is 5.12. The van der Waals surface area contributed by atoms with Gasteiger partial charge in [0.05, 0.1) is 0 Å². The van der Waals surface area contributed by atoms with Gasteiger partial charge in [0, 0.05) is 19.0 Å². The molecule has 0 spiro atoms. The highest BCUT2D eigenvalue weighted by atomic mass is 28.4. The average Bonchev–Trinajstić information content (AvgIpc) is 2.90. The molecule has 3 aromatic rings. The van der Waals surface area contributed by atoms with E-state index in [1.54, 1.807) is 0 Å². The molecule has 0 saturated carbocycles. The van der Waals surface area contributed by atoms with Crippen molar-refractivity contribution in [2.45, 2.75) is 83.6 Å². The minimum Gasteiger partial charge on any atom is -0.407 e. The van der Waals surface area contributed by atoms with Crippen molar-refractivity contribution in [2.24, 2.45) is 0 Å². The monoisotopic (exact) mass is 499 g/mol. The lowest BCUT2D eigenvalue weighted by atomic mass is 10.1.